The molecule has 0 unspecified atom stereocenters. The Balaban J connectivity index is 1.81. The largest absolute Gasteiger partial charge is 0.452 e. The Hall–Kier alpha value is -3.42. The standard InChI is InChI=1S/C21H24FN3O4/c1-13(2)24-21(28)23-11-15-5-7-16(8-6-15)20(27)29-12-19(26)25-18-9-4-14(3)10-17(18)22/h4-10,13H,11-12H2,1-3H3,(H,25,26)(H2,23,24,28). The molecule has 2 rings (SSSR count). The van der Waals surface area contributed by atoms with Crippen LogP contribution in [0, 0.1) is 12.7 Å². The normalized spacial score (nSPS) is 10.4. The highest BCUT2D eigenvalue weighted by Gasteiger charge is 2.12. The fourth-order valence-corrected chi connectivity index (χ4v) is 2.38. The number of amides is 3. The number of rotatable bonds is 7. The minimum Gasteiger partial charge on any atom is -0.452 e. The van der Waals surface area contributed by atoms with E-state index in [0.29, 0.717) is 6.54 Å². The lowest BCUT2D eigenvalue weighted by Crippen LogP contribution is -2.39. The zero-order valence-corrected chi connectivity index (χ0v) is 16.5. The molecule has 8 heteroatoms. The van der Waals surface area contributed by atoms with Gasteiger partial charge in [0.05, 0.1) is 11.3 Å². The third kappa shape index (κ3) is 7.25. The topological polar surface area (TPSA) is 96.5 Å². The van der Waals surface area contributed by atoms with Gasteiger partial charge in [-0.2, -0.15) is 0 Å². The number of halogens is 1. The average Bonchev–Trinajstić information content (AvgIpc) is 2.66. The number of aryl methyl sites for hydroxylation is 1. The van der Waals surface area contributed by atoms with Gasteiger partial charge in [0.25, 0.3) is 5.91 Å². The molecule has 0 radical (unpaired) electrons. The number of nitrogens with one attached hydrogen (secondary N) is 3. The molecule has 0 aromatic heterocycles. The number of hydrogen-bond acceptors (Lipinski definition) is 4. The summed E-state index contributed by atoms with van der Waals surface area (Å²) >= 11 is 0. The summed E-state index contributed by atoms with van der Waals surface area (Å²) in [5.41, 5.74) is 1.81. The van der Waals surface area contributed by atoms with Gasteiger partial charge in [-0.3, -0.25) is 4.79 Å². The van der Waals surface area contributed by atoms with Crippen molar-refractivity contribution in [3.8, 4) is 0 Å². The maximum atomic E-state index is 13.7. The molecule has 2 aromatic carbocycles. The predicted molar refractivity (Wildman–Crippen MR) is 107 cm³/mol. The van der Waals surface area contributed by atoms with Crippen LogP contribution in [0.15, 0.2) is 42.5 Å². The highest BCUT2D eigenvalue weighted by Crippen LogP contribution is 2.15. The third-order valence-electron chi connectivity index (χ3n) is 3.80. The minimum atomic E-state index is -0.679. The summed E-state index contributed by atoms with van der Waals surface area (Å²) < 4.78 is 18.7. The van der Waals surface area contributed by atoms with Crippen molar-refractivity contribution >= 4 is 23.6 Å². The van der Waals surface area contributed by atoms with Gasteiger partial charge >= 0.3 is 12.0 Å². The van der Waals surface area contributed by atoms with Crippen LogP contribution in [0.5, 0.6) is 0 Å². The highest BCUT2D eigenvalue weighted by atomic mass is 19.1. The summed E-state index contributed by atoms with van der Waals surface area (Å²) in [6, 6.07) is 10.6. The fraction of sp³-hybridized carbons (Fsp3) is 0.286. The average molecular weight is 401 g/mol. The molecule has 3 N–H and O–H groups in total. The van der Waals surface area contributed by atoms with Crippen LogP contribution in [0.2, 0.25) is 0 Å². The number of carbonyl (C=O) groups is 3. The molecule has 2 aromatic rings. The smallest absolute Gasteiger partial charge is 0.338 e. The van der Waals surface area contributed by atoms with E-state index < -0.39 is 24.3 Å². The first kappa shape index (κ1) is 21.9. The van der Waals surface area contributed by atoms with Crippen molar-refractivity contribution in [3.63, 3.8) is 0 Å². The van der Waals surface area contributed by atoms with E-state index in [9.17, 15) is 18.8 Å². The molecule has 3 amide bonds. The molecule has 0 saturated carbocycles. The van der Waals surface area contributed by atoms with Crippen LogP contribution in [0.3, 0.4) is 0 Å². The first-order valence-electron chi connectivity index (χ1n) is 9.11. The summed E-state index contributed by atoms with van der Waals surface area (Å²) in [6.07, 6.45) is 0. The van der Waals surface area contributed by atoms with Gasteiger partial charge in [0.15, 0.2) is 6.61 Å². The van der Waals surface area contributed by atoms with Crippen molar-refractivity contribution in [3.05, 3.63) is 65.0 Å². The third-order valence-corrected chi connectivity index (χ3v) is 3.80. The van der Waals surface area contributed by atoms with Crippen molar-refractivity contribution < 1.29 is 23.5 Å². The van der Waals surface area contributed by atoms with E-state index in [1.165, 1.54) is 24.3 Å². The van der Waals surface area contributed by atoms with Gasteiger partial charge in [-0.05, 0) is 56.2 Å². The zero-order valence-electron chi connectivity index (χ0n) is 16.5. The number of ether oxygens (including phenoxy) is 1. The molecule has 0 aliphatic rings. The Morgan fingerprint density at radius 3 is 2.38 bits per heavy atom. The molecule has 0 bridgehead atoms. The maximum absolute atomic E-state index is 13.7. The van der Waals surface area contributed by atoms with Crippen molar-refractivity contribution in [1.82, 2.24) is 10.6 Å². The minimum absolute atomic E-state index is 0.0232. The number of carbonyl (C=O) groups excluding carboxylic acids is 3. The van der Waals surface area contributed by atoms with Gasteiger partial charge in [-0.15, -0.1) is 0 Å². The van der Waals surface area contributed by atoms with Crippen LogP contribution in [-0.4, -0.2) is 30.6 Å². The summed E-state index contributed by atoms with van der Waals surface area (Å²) in [5, 5.41) is 7.77. The molecule has 0 heterocycles. The van der Waals surface area contributed by atoms with E-state index in [1.807, 2.05) is 13.8 Å². The lowest BCUT2D eigenvalue weighted by molar-refractivity contribution is -0.119. The number of benzene rings is 2. The van der Waals surface area contributed by atoms with Crippen molar-refractivity contribution in [2.45, 2.75) is 33.4 Å². The lowest BCUT2D eigenvalue weighted by atomic mass is 10.1. The number of urea groups is 1. The van der Waals surface area contributed by atoms with Crippen molar-refractivity contribution in [2.24, 2.45) is 0 Å². The lowest BCUT2D eigenvalue weighted by Gasteiger charge is -2.10. The van der Waals surface area contributed by atoms with Crippen LogP contribution in [0.4, 0.5) is 14.9 Å². The van der Waals surface area contributed by atoms with E-state index in [2.05, 4.69) is 16.0 Å². The van der Waals surface area contributed by atoms with Gasteiger partial charge in [-0.1, -0.05) is 18.2 Å². The second kappa shape index (κ2) is 10.2. The molecule has 7 nitrogen and oxygen atoms in total. The molecule has 154 valence electrons. The van der Waals surface area contributed by atoms with E-state index in [4.69, 9.17) is 4.74 Å². The number of esters is 1. The van der Waals surface area contributed by atoms with E-state index >= 15 is 0 Å². The van der Waals surface area contributed by atoms with Crippen LogP contribution in [-0.2, 0) is 16.1 Å². The molecule has 0 aliphatic carbocycles. The Bertz CT molecular complexity index is 882. The highest BCUT2D eigenvalue weighted by molar-refractivity contribution is 5.95. The van der Waals surface area contributed by atoms with Crippen LogP contribution >= 0.6 is 0 Å². The molecule has 29 heavy (non-hydrogen) atoms. The SMILES string of the molecule is Cc1ccc(NC(=O)COC(=O)c2ccc(CNC(=O)NC(C)C)cc2)c(F)c1. The van der Waals surface area contributed by atoms with Crippen LogP contribution < -0.4 is 16.0 Å². The Kier molecular flexibility index (Phi) is 7.70. The first-order valence-corrected chi connectivity index (χ1v) is 9.11. The second-order valence-electron chi connectivity index (χ2n) is 6.79. The summed E-state index contributed by atoms with van der Waals surface area (Å²) in [4.78, 5) is 35.5. The van der Waals surface area contributed by atoms with Gasteiger partial charge in [0.2, 0.25) is 0 Å². The van der Waals surface area contributed by atoms with Gasteiger partial charge in [0, 0.05) is 12.6 Å². The zero-order chi connectivity index (χ0) is 21.4. The summed E-state index contributed by atoms with van der Waals surface area (Å²) in [5.74, 6) is -1.88. The second-order valence-corrected chi connectivity index (χ2v) is 6.79. The van der Waals surface area contributed by atoms with Crippen molar-refractivity contribution in [1.29, 1.82) is 0 Å². The quantitative estimate of drug-likeness (QED) is 0.621. The predicted octanol–water partition coefficient (Wildman–Crippen LogP) is 3.14. The summed E-state index contributed by atoms with van der Waals surface area (Å²) in [6.45, 7) is 5.22. The van der Waals surface area contributed by atoms with E-state index in [1.54, 1.807) is 25.1 Å². The Morgan fingerprint density at radius 2 is 1.76 bits per heavy atom. The van der Waals surface area contributed by atoms with Gasteiger partial charge in [0.1, 0.15) is 5.82 Å². The van der Waals surface area contributed by atoms with Gasteiger partial charge in [-0.25, -0.2) is 14.0 Å². The van der Waals surface area contributed by atoms with Crippen molar-refractivity contribution in [2.75, 3.05) is 11.9 Å². The van der Waals surface area contributed by atoms with E-state index in [0.717, 1.165) is 11.1 Å². The maximum Gasteiger partial charge on any atom is 0.338 e. The van der Waals surface area contributed by atoms with E-state index in [-0.39, 0.29) is 23.3 Å². The van der Waals surface area contributed by atoms with Crippen LogP contribution in [0.1, 0.15) is 35.3 Å². The number of hydrogen-bond donors (Lipinski definition) is 3. The molecule has 0 spiro atoms. The molecule has 0 aliphatic heterocycles. The Morgan fingerprint density at radius 1 is 1.07 bits per heavy atom. The van der Waals surface area contributed by atoms with Gasteiger partial charge < -0.3 is 20.7 Å². The fourth-order valence-electron chi connectivity index (χ4n) is 2.38. The molecule has 0 saturated heterocycles. The molecule has 0 fully saturated rings. The molecular weight excluding hydrogens is 377 g/mol. The Labute approximate surface area is 168 Å². The monoisotopic (exact) mass is 401 g/mol. The number of anilines is 1. The first-order chi connectivity index (χ1) is 13.7. The molecular formula is C21H24FN3O4. The van der Waals surface area contributed by atoms with Crippen LogP contribution in [0.25, 0.3) is 0 Å². The molecule has 0 atom stereocenters. The summed E-state index contributed by atoms with van der Waals surface area (Å²) in [7, 11) is 0.